The molecular formula is C23H16N2O5. The Labute approximate surface area is 171 Å². The van der Waals surface area contributed by atoms with Gasteiger partial charge in [0, 0.05) is 11.8 Å². The second kappa shape index (κ2) is 7.29. The zero-order chi connectivity index (χ0) is 20.5. The average Bonchev–Trinajstić information content (AvgIpc) is 3.17. The van der Waals surface area contributed by atoms with Crippen LogP contribution in [-0.4, -0.2) is 18.6 Å². The van der Waals surface area contributed by atoms with Crippen LogP contribution in [0.4, 0.5) is 11.4 Å². The van der Waals surface area contributed by atoms with Gasteiger partial charge in [-0.3, -0.25) is 9.59 Å². The van der Waals surface area contributed by atoms with Crippen LogP contribution >= 0.6 is 0 Å². The van der Waals surface area contributed by atoms with Crippen molar-refractivity contribution in [3.63, 3.8) is 0 Å². The molecule has 2 aliphatic heterocycles. The summed E-state index contributed by atoms with van der Waals surface area (Å²) < 4.78 is 16.4. The first kappa shape index (κ1) is 17.8. The van der Waals surface area contributed by atoms with E-state index >= 15 is 0 Å². The number of carbonyl (C=O) groups excluding carboxylic acids is 2. The molecule has 0 aromatic heterocycles. The maximum absolute atomic E-state index is 12.6. The highest BCUT2D eigenvalue weighted by Crippen LogP contribution is 2.36. The van der Waals surface area contributed by atoms with Crippen molar-refractivity contribution in [3.8, 4) is 23.0 Å². The molecule has 148 valence electrons. The van der Waals surface area contributed by atoms with Crippen molar-refractivity contribution in [2.75, 3.05) is 17.4 Å². The zero-order valence-electron chi connectivity index (χ0n) is 15.7. The van der Waals surface area contributed by atoms with Gasteiger partial charge in [-0.2, -0.15) is 0 Å². The Morgan fingerprint density at radius 3 is 2.70 bits per heavy atom. The van der Waals surface area contributed by atoms with E-state index < -0.39 is 0 Å². The molecule has 3 aromatic rings. The molecule has 2 heterocycles. The molecular weight excluding hydrogens is 384 g/mol. The van der Waals surface area contributed by atoms with Gasteiger partial charge in [-0.1, -0.05) is 18.2 Å². The third-order valence-corrected chi connectivity index (χ3v) is 4.67. The van der Waals surface area contributed by atoms with E-state index in [0.717, 1.165) is 5.56 Å². The molecule has 0 bridgehead atoms. The number of hydrogen-bond acceptors (Lipinski definition) is 5. The molecule has 2 amide bonds. The topological polar surface area (TPSA) is 85.9 Å². The number of amides is 2. The highest BCUT2D eigenvalue weighted by atomic mass is 16.7. The Morgan fingerprint density at radius 2 is 1.77 bits per heavy atom. The average molecular weight is 400 g/mol. The maximum Gasteiger partial charge on any atom is 0.259 e. The lowest BCUT2D eigenvalue weighted by molar-refractivity contribution is -0.111. The summed E-state index contributed by atoms with van der Waals surface area (Å²) >= 11 is 0. The molecule has 0 radical (unpaired) electrons. The molecule has 30 heavy (non-hydrogen) atoms. The molecule has 2 N–H and O–H groups in total. The Balaban J connectivity index is 1.32. The summed E-state index contributed by atoms with van der Waals surface area (Å²) in [5, 5.41) is 5.57. The highest BCUT2D eigenvalue weighted by molar-refractivity contribution is 6.09. The van der Waals surface area contributed by atoms with Gasteiger partial charge in [0.2, 0.25) is 12.7 Å². The number of benzene rings is 3. The van der Waals surface area contributed by atoms with Gasteiger partial charge in [0.05, 0.1) is 11.3 Å². The van der Waals surface area contributed by atoms with Crippen LogP contribution in [0.1, 0.15) is 15.9 Å². The van der Waals surface area contributed by atoms with E-state index in [1.54, 1.807) is 48.5 Å². The van der Waals surface area contributed by atoms with Crippen LogP contribution in [0.5, 0.6) is 23.0 Å². The second-order valence-electron chi connectivity index (χ2n) is 6.70. The van der Waals surface area contributed by atoms with Gasteiger partial charge >= 0.3 is 0 Å². The lowest BCUT2D eigenvalue weighted by atomic mass is 10.1. The van der Waals surface area contributed by atoms with E-state index in [4.69, 9.17) is 14.2 Å². The van der Waals surface area contributed by atoms with Crippen LogP contribution in [-0.2, 0) is 4.79 Å². The molecule has 0 atom stereocenters. The zero-order valence-corrected chi connectivity index (χ0v) is 15.7. The summed E-state index contributed by atoms with van der Waals surface area (Å²) in [6.45, 7) is 0.198. The van der Waals surface area contributed by atoms with Gasteiger partial charge in [-0.05, 0) is 54.1 Å². The summed E-state index contributed by atoms with van der Waals surface area (Å²) in [5.74, 6) is 1.69. The monoisotopic (exact) mass is 400 g/mol. The molecule has 3 aromatic carbocycles. The number of ether oxygens (including phenoxy) is 3. The van der Waals surface area contributed by atoms with Gasteiger partial charge in [-0.15, -0.1) is 0 Å². The van der Waals surface area contributed by atoms with Crippen molar-refractivity contribution in [2.45, 2.75) is 0 Å². The minimum absolute atomic E-state index is 0.198. The third kappa shape index (κ3) is 3.44. The van der Waals surface area contributed by atoms with Crippen LogP contribution in [0.2, 0.25) is 0 Å². The van der Waals surface area contributed by atoms with Crippen molar-refractivity contribution in [3.05, 3.63) is 77.9 Å². The van der Waals surface area contributed by atoms with Crippen LogP contribution in [0.25, 0.3) is 6.08 Å². The minimum atomic E-state index is -0.328. The molecule has 2 aliphatic rings. The summed E-state index contributed by atoms with van der Waals surface area (Å²) in [6, 6.07) is 17.6. The van der Waals surface area contributed by atoms with Gasteiger partial charge in [0.1, 0.15) is 5.75 Å². The number of anilines is 2. The fraction of sp³-hybridized carbons (Fsp3) is 0.0435. The molecule has 0 fully saturated rings. The van der Waals surface area contributed by atoms with Crippen LogP contribution in [0, 0.1) is 0 Å². The Morgan fingerprint density at radius 1 is 0.933 bits per heavy atom. The molecule has 0 saturated carbocycles. The fourth-order valence-electron chi connectivity index (χ4n) is 3.21. The first-order valence-corrected chi connectivity index (χ1v) is 9.27. The van der Waals surface area contributed by atoms with E-state index in [2.05, 4.69) is 10.6 Å². The molecule has 5 rings (SSSR count). The standard InChI is InChI=1S/C23H16N2O5/c26-22(10-6-14-5-8-20-21(11-14)29-13-28-20)24-15-7-9-18-16(12-15)23(27)25-17-3-1-2-4-19(17)30-18/h1-12H,13H2,(H,24,26)(H,25,27)/b10-6+. The van der Waals surface area contributed by atoms with E-state index in [9.17, 15) is 9.59 Å². The lowest BCUT2D eigenvalue weighted by Crippen LogP contribution is -2.12. The molecule has 0 aliphatic carbocycles. The normalized spacial score (nSPS) is 13.7. The molecule has 0 spiro atoms. The third-order valence-electron chi connectivity index (χ3n) is 4.67. The van der Waals surface area contributed by atoms with Crippen molar-refractivity contribution in [2.24, 2.45) is 0 Å². The molecule has 0 unspecified atom stereocenters. The fourth-order valence-corrected chi connectivity index (χ4v) is 3.21. The minimum Gasteiger partial charge on any atom is -0.454 e. The predicted molar refractivity (Wildman–Crippen MR) is 111 cm³/mol. The first-order valence-electron chi connectivity index (χ1n) is 9.27. The summed E-state index contributed by atoms with van der Waals surface area (Å²) in [4.78, 5) is 24.9. The summed E-state index contributed by atoms with van der Waals surface area (Å²) in [5.41, 5.74) is 2.22. The maximum atomic E-state index is 12.6. The summed E-state index contributed by atoms with van der Waals surface area (Å²) in [6.07, 6.45) is 3.09. The predicted octanol–water partition coefficient (Wildman–Crippen LogP) is 4.43. The van der Waals surface area contributed by atoms with Gasteiger partial charge in [-0.25, -0.2) is 0 Å². The number of fused-ring (bicyclic) bond motifs is 3. The summed E-state index contributed by atoms with van der Waals surface area (Å²) in [7, 11) is 0. The number of rotatable bonds is 3. The van der Waals surface area contributed by atoms with Crippen molar-refractivity contribution in [1.29, 1.82) is 0 Å². The van der Waals surface area contributed by atoms with Crippen LogP contribution in [0.15, 0.2) is 66.7 Å². The molecule has 7 heteroatoms. The van der Waals surface area contributed by atoms with E-state index in [1.165, 1.54) is 6.08 Å². The number of para-hydroxylation sites is 2. The van der Waals surface area contributed by atoms with Gasteiger partial charge < -0.3 is 24.8 Å². The number of nitrogens with one attached hydrogen (secondary N) is 2. The van der Waals surface area contributed by atoms with Gasteiger partial charge in [0.25, 0.3) is 5.91 Å². The van der Waals surface area contributed by atoms with Crippen molar-refractivity contribution >= 4 is 29.3 Å². The molecule has 7 nitrogen and oxygen atoms in total. The van der Waals surface area contributed by atoms with E-state index in [1.807, 2.05) is 18.2 Å². The van der Waals surface area contributed by atoms with Gasteiger partial charge in [0.15, 0.2) is 17.2 Å². The smallest absolute Gasteiger partial charge is 0.259 e. The second-order valence-corrected chi connectivity index (χ2v) is 6.70. The first-order chi connectivity index (χ1) is 14.7. The lowest BCUT2D eigenvalue weighted by Gasteiger charge is -2.09. The highest BCUT2D eigenvalue weighted by Gasteiger charge is 2.21. The largest absolute Gasteiger partial charge is 0.454 e. The van der Waals surface area contributed by atoms with Crippen molar-refractivity contribution < 1.29 is 23.8 Å². The van der Waals surface area contributed by atoms with Crippen LogP contribution in [0.3, 0.4) is 0 Å². The Kier molecular flexibility index (Phi) is 4.33. The quantitative estimate of drug-likeness (QED) is 0.636. The Hall–Kier alpha value is -4.26. The van der Waals surface area contributed by atoms with Crippen molar-refractivity contribution in [1.82, 2.24) is 0 Å². The van der Waals surface area contributed by atoms with E-state index in [0.29, 0.717) is 39.9 Å². The SMILES string of the molecule is O=C(/C=C/c1ccc2c(c1)OCO2)Nc1ccc2c(c1)C(=O)Nc1ccccc1O2. The molecule has 0 saturated heterocycles. The Bertz CT molecular complexity index is 1200. The van der Waals surface area contributed by atoms with E-state index in [-0.39, 0.29) is 18.6 Å². The number of carbonyl (C=O) groups is 2. The van der Waals surface area contributed by atoms with Crippen LogP contribution < -0.4 is 24.8 Å². The number of hydrogen-bond donors (Lipinski definition) is 2.